The SMILES string of the molecule is CN(CCC#N)c1ccc(C=NNC(=O)C(N)=O)cc1. The van der Waals surface area contributed by atoms with Crippen LogP contribution in [0.1, 0.15) is 12.0 Å². The maximum absolute atomic E-state index is 10.8. The number of primary amides is 1. The monoisotopic (exact) mass is 273 g/mol. The molecule has 7 heteroatoms. The molecule has 0 heterocycles. The molecule has 0 aromatic heterocycles. The summed E-state index contributed by atoms with van der Waals surface area (Å²) in [6, 6.07) is 9.43. The van der Waals surface area contributed by atoms with E-state index in [0.29, 0.717) is 13.0 Å². The summed E-state index contributed by atoms with van der Waals surface area (Å²) in [5, 5.41) is 12.1. The summed E-state index contributed by atoms with van der Waals surface area (Å²) >= 11 is 0. The number of nitriles is 1. The van der Waals surface area contributed by atoms with Gasteiger partial charge in [0.25, 0.3) is 0 Å². The smallest absolute Gasteiger partial charge is 0.329 e. The number of benzene rings is 1. The molecule has 0 unspecified atom stereocenters. The summed E-state index contributed by atoms with van der Waals surface area (Å²) in [6.45, 7) is 0.651. The van der Waals surface area contributed by atoms with Crippen molar-refractivity contribution in [1.82, 2.24) is 5.43 Å². The molecule has 104 valence electrons. The molecule has 0 fully saturated rings. The van der Waals surface area contributed by atoms with Crippen molar-refractivity contribution in [2.24, 2.45) is 10.8 Å². The minimum Gasteiger partial charge on any atom is -0.374 e. The average Bonchev–Trinajstić information content (AvgIpc) is 2.45. The maximum Gasteiger partial charge on any atom is 0.329 e. The first kappa shape index (κ1) is 15.2. The van der Waals surface area contributed by atoms with Gasteiger partial charge in [-0.1, -0.05) is 12.1 Å². The molecule has 1 rings (SSSR count). The number of rotatable bonds is 5. The van der Waals surface area contributed by atoms with Gasteiger partial charge in [-0.2, -0.15) is 10.4 Å². The van der Waals surface area contributed by atoms with Crippen LogP contribution in [0.5, 0.6) is 0 Å². The predicted molar refractivity (Wildman–Crippen MR) is 74.9 cm³/mol. The van der Waals surface area contributed by atoms with Gasteiger partial charge in [0.15, 0.2) is 0 Å². The van der Waals surface area contributed by atoms with Crippen molar-refractivity contribution < 1.29 is 9.59 Å². The Bertz CT molecular complexity index is 545. The first-order chi connectivity index (χ1) is 9.54. The zero-order chi connectivity index (χ0) is 15.0. The fourth-order valence-electron chi connectivity index (χ4n) is 1.38. The van der Waals surface area contributed by atoms with Crippen molar-refractivity contribution >= 4 is 23.7 Å². The number of carbonyl (C=O) groups excluding carboxylic acids is 2. The van der Waals surface area contributed by atoms with Crippen molar-refractivity contribution in [3.63, 3.8) is 0 Å². The molecule has 0 aliphatic rings. The summed E-state index contributed by atoms with van der Waals surface area (Å²) in [7, 11) is 1.90. The molecular formula is C13H15N5O2. The van der Waals surface area contributed by atoms with Gasteiger partial charge in [-0.25, -0.2) is 5.43 Å². The molecule has 1 aromatic carbocycles. The van der Waals surface area contributed by atoms with Gasteiger partial charge in [-0.05, 0) is 17.7 Å². The molecular weight excluding hydrogens is 258 g/mol. The Morgan fingerprint density at radius 1 is 1.45 bits per heavy atom. The highest BCUT2D eigenvalue weighted by Gasteiger charge is 2.05. The van der Waals surface area contributed by atoms with Gasteiger partial charge in [-0.15, -0.1) is 0 Å². The van der Waals surface area contributed by atoms with Crippen LogP contribution in [0.3, 0.4) is 0 Å². The number of anilines is 1. The standard InChI is InChI=1S/C13H15N5O2/c1-18(8-2-7-14)11-5-3-10(4-6-11)9-16-17-13(20)12(15)19/h3-6,9H,2,8H2,1H3,(H2,15,19)(H,17,20). The molecule has 7 nitrogen and oxygen atoms in total. The second-order valence-electron chi connectivity index (χ2n) is 3.98. The van der Waals surface area contributed by atoms with Crippen LogP contribution >= 0.6 is 0 Å². The lowest BCUT2D eigenvalue weighted by molar-refractivity contribution is -0.137. The quantitative estimate of drug-likeness (QED) is 0.445. The van der Waals surface area contributed by atoms with Crippen LogP contribution in [-0.4, -0.2) is 31.6 Å². The van der Waals surface area contributed by atoms with Crippen molar-refractivity contribution in [3.8, 4) is 6.07 Å². The van der Waals surface area contributed by atoms with E-state index in [-0.39, 0.29) is 0 Å². The molecule has 0 spiro atoms. The van der Waals surface area contributed by atoms with E-state index in [1.165, 1.54) is 6.21 Å². The number of amides is 2. The van der Waals surface area contributed by atoms with Gasteiger partial charge in [-0.3, -0.25) is 9.59 Å². The lowest BCUT2D eigenvalue weighted by atomic mass is 10.2. The lowest BCUT2D eigenvalue weighted by Crippen LogP contribution is -2.32. The Kier molecular flexibility index (Phi) is 5.72. The zero-order valence-corrected chi connectivity index (χ0v) is 11.0. The Labute approximate surface area is 116 Å². The van der Waals surface area contributed by atoms with Crippen LogP contribution in [0.4, 0.5) is 5.69 Å². The number of hydrazone groups is 1. The van der Waals surface area contributed by atoms with Crippen molar-refractivity contribution in [2.45, 2.75) is 6.42 Å². The highest BCUT2D eigenvalue weighted by atomic mass is 16.2. The van der Waals surface area contributed by atoms with E-state index in [4.69, 9.17) is 11.0 Å². The van der Waals surface area contributed by atoms with Gasteiger partial charge >= 0.3 is 11.8 Å². The molecule has 0 bridgehead atoms. The van der Waals surface area contributed by atoms with Crippen molar-refractivity contribution in [2.75, 3.05) is 18.5 Å². The van der Waals surface area contributed by atoms with E-state index in [9.17, 15) is 9.59 Å². The number of nitrogens with one attached hydrogen (secondary N) is 1. The van der Waals surface area contributed by atoms with Crippen LogP contribution in [0.15, 0.2) is 29.4 Å². The highest BCUT2D eigenvalue weighted by molar-refractivity contribution is 6.34. The number of hydrogen-bond acceptors (Lipinski definition) is 5. The number of nitrogens with zero attached hydrogens (tertiary/aromatic N) is 3. The number of carbonyl (C=O) groups is 2. The van der Waals surface area contributed by atoms with E-state index in [1.807, 2.05) is 29.5 Å². The predicted octanol–water partition coefficient (Wildman–Crippen LogP) is -0.0281. The van der Waals surface area contributed by atoms with E-state index in [1.54, 1.807) is 12.1 Å². The summed E-state index contributed by atoms with van der Waals surface area (Å²) in [5.74, 6) is -2.05. The Morgan fingerprint density at radius 2 is 2.10 bits per heavy atom. The number of nitrogens with two attached hydrogens (primary N) is 1. The van der Waals surface area contributed by atoms with Crippen LogP contribution in [0.2, 0.25) is 0 Å². The second-order valence-corrected chi connectivity index (χ2v) is 3.98. The summed E-state index contributed by atoms with van der Waals surface area (Å²) in [4.78, 5) is 23.3. The third-order valence-corrected chi connectivity index (χ3v) is 2.50. The molecule has 0 radical (unpaired) electrons. The maximum atomic E-state index is 10.8. The second kappa shape index (κ2) is 7.53. The van der Waals surface area contributed by atoms with Crippen molar-refractivity contribution in [1.29, 1.82) is 5.26 Å². The third kappa shape index (κ3) is 4.78. The molecule has 0 saturated heterocycles. The molecule has 0 atom stereocenters. The third-order valence-electron chi connectivity index (χ3n) is 2.50. The largest absolute Gasteiger partial charge is 0.374 e. The Balaban J connectivity index is 2.58. The number of hydrogen-bond donors (Lipinski definition) is 2. The fourth-order valence-corrected chi connectivity index (χ4v) is 1.38. The molecule has 0 aliphatic carbocycles. The summed E-state index contributed by atoms with van der Waals surface area (Å²) < 4.78 is 0. The highest BCUT2D eigenvalue weighted by Crippen LogP contribution is 2.13. The topological polar surface area (TPSA) is 112 Å². The van der Waals surface area contributed by atoms with Gasteiger partial charge in [0.05, 0.1) is 18.7 Å². The van der Waals surface area contributed by atoms with Crippen LogP contribution in [0, 0.1) is 11.3 Å². The molecule has 1 aromatic rings. The minimum absolute atomic E-state index is 0.457. The van der Waals surface area contributed by atoms with E-state index in [2.05, 4.69) is 11.2 Å². The molecule has 3 N–H and O–H groups in total. The average molecular weight is 273 g/mol. The normalized spacial score (nSPS) is 10.0. The summed E-state index contributed by atoms with van der Waals surface area (Å²) in [5.41, 5.74) is 8.49. The molecule has 0 saturated carbocycles. The van der Waals surface area contributed by atoms with Gasteiger partial charge < -0.3 is 10.6 Å². The van der Waals surface area contributed by atoms with Crippen LogP contribution in [-0.2, 0) is 9.59 Å². The van der Waals surface area contributed by atoms with E-state index in [0.717, 1.165) is 11.3 Å². The van der Waals surface area contributed by atoms with E-state index >= 15 is 0 Å². The molecule has 20 heavy (non-hydrogen) atoms. The van der Waals surface area contributed by atoms with E-state index < -0.39 is 11.8 Å². The molecule has 0 aliphatic heterocycles. The van der Waals surface area contributed by atoms with Gasteiger partial charge in [0, 0.05) is 19.3 Å². The van der Waals surface area contributed by atoms with Crippen molar-refractivity contribution in [3.05, 3.63) is 29.8 Å². The zero-order valence-electron chi connectivity index (χ0n) is 11.0. The van der Waals surface area contributed by atoms with Gasteiger partial charge in [0.2, 0.25) is 0 Å². The Hall–Kier alpha value is -2.88. The first-order valence-electron chi connectivity index (χ1n) is 5.85. The summed E-state index contributed by atoms with van der Waals surface area (Å²) in [6.07, 6.45) is 1.86. The molecule has 2 amide bonds. The minimum atomic E-state index is -1.09. The lowest BCUT2D eigenvalue weighted by Gasteiger charge is -2.17. The Morgan fingerprint density at radius 3 is 2.65 bits per heavy atom. The van der Waals surface area contributed by atoms with Gasteiger partial charge in [0.1, 0.15) is 0 Å². The fraction of sp³-hybridized carbons (Fsp3) is 0.231. The van der Waals surface area contributed by atoms with Crippen LogP contribution in [0.25, 0.3) is 0 Å². The first-order valence-corrected chi connectivity index (χ1v) is 5.85. The van der Waals surface area contributed by atoms with Crippen LogP contribution < -0.4 is 16.1 Å².